The summed E-state index contributed by atoms with van der Waals surface area (Å²) in [6.07, 6.45) is 0.525. The number of alkyl halides is 16. The van der Waals surface area contributed by atoms with E-state index in [1.807, 2.05) is 0 Å². The van der Waals surface area contributed by atoms with Crippen LogP contribution in [-0.2, 0) is 0 Å². The third kappa shape index (κ3) is 9.08. The minimum atomic E-state index is -8.22. The third-order valence-electron chi connectivity index (χ3n) is 6.24. The van der Waals surface area contributed by atoms with E-state index >= 15 is 0 Å². The van der Waals surface area contributed by atoms with Gasteiger partial charge in [-0.3, -0.25) is 0 Å². The average molecular weight is 720 g/mol. The van der Waals surface area contributed by atoms with Crippen LogP contribution < -0.4 is 0 Å². The summed E-state index contributed by atoms with van der Waals surface area (Å²) >= 11 is 1.13. The van der Waals surface area contributed by atoms with E-state index in [1.165, 1.54) is 12.8 Å². The van der Waals surface area contributed by atoms with Gasteiger partial charge in [-0.05, 0) is 6.42 Å². The second kappa shape index (κ2) is 14.7. The Balaban J connectivity index is 5.02. The lowest BCUT2D eigenvalue weighted by Crippen LogP contribution is -2.72. The van der Waals surface area contributed by atoms with E-state index in [1.54, 1.807) is 0 Å². The Bertz CT molecular complexity index is 704. The van der Waals surface area contributed by atoms with E-state index in [9.17, 15) is 65.9 Å². The average Bonchev–Trinajstić information content (AvgIpc) is 2.78. The second-order valence-electron chi connectivity index (χ2n) is 9.55. The van der Waals surface area contributed by atoms with Gasteiger partial charge in [0.05, 0.1) is 0 Å². The molecule has 0 saturated heterocycles. The van der Waals surface area contributed by atoms with Crippen molar-refractivity contribution in [3.63, 3.8) is 0 Å². The summed E-state index contributed by atoms with van der Waals surface area (Å²) in [6.45, 7) is 2.10. The molecule has 0 aliphatic rings. The number of halogens is 16. The molecule has 0 rings (SSSR count). The highest BCUT2D eigenvalue weighted by Gasteiger charge is 2.93. The Kier molecular flexibility index (Phi) is 14.6. The van der Waals surface area contributed by atoms with Crippen LogP contribution in [0.4, 0.5) is 65.9 Å². The number of rotatable bonds is 20. The molecular weight excluding hydrogens is 688 g/mol. The van der Waals surface area contributed by atoms with Gasteiger partial charge < -0.3 is 0 Å². The van der Waals surface area contributed by atoms with Gasteiger partial charge in [-0.2, -0.15) is 65.9 Å². The van der Waals surface area contributed by atoms with Crippen LogP contribution in [0.15, 0.2) is 0 Å². The normalized spacial score (nSPS) is 15.6. The first kappa shape index (κ1) is 38.7. The van der Waals surface area contributed by atoms with Gasteiger partial charge >= 0.3 is 41.7 Å². The fourth-order valence-corrected chi connectivity index (χ4v) is 4.71. The maximum atomic E-state index is 14.0. The van der Waals surface area contributed by atoms with Crippen molar-refractivity contribution in [2.45, 2.75) is 142 Å². The van der Waals surface area contributed by atoms with Gasteiger partial charge in [0.1, 0.15) is 0 Å². The molecule has 0 aliphatic carbocycles. The predicted octanol–water partition coefficient (Wildman–Crippen LogP) is 11.6. The molecule has 0 spiro atoms. The lowest BCUT2D eigenvalue weighted by molar-refractivity contribution is -0.452. The highest BCUT2D eigenvalue weighted by molar-refractivity contribution is 14.1. The molecule has 0 aromatic rings. The molecule has 0 saturated carbocycles. The van der Waals surface area contributed by atoms with Crippen molar-refractivity contribution in [1.29, 1.82) is 0 Å². The first-order valence-electron chi connectivity index (χ1n) is 12.4. The molecule has 0 nitrogen and oxygen atoms in total. The Morgan fingerprint density at radius 1 is 0.436 bits per heavy atom. The highest BCUT2D eigenvalue weighted by atomic mass is 127. The first-order chi connectivity index (χ1) is 17.5. The Labute approximate surface area is 231 Å². The van der Waals surface area contributed by atoms with Crippen molar-refractivity contribution in [1.82, 2.24) is 0 Å². The van der Waals surface area contributed by atoms with Gasteiger partial charge in [0, 0.05) is 10.3 Å². The molecule has 0 fully saturated rings. The molecule has 1 unspecified atom stereocenters. The summed E-state index contributed by atoms with van der Waals surface area (Å²) in [5, 5.41) is 0. The predicted molar refractivity (Wildman–Crippen MR) is 124 cm³/mol. The summed E-state index contributed by atoms with van der Waals surface area (Å²) in [5.41, 5.74) is 0. The quantitative estimate of drug-likeness (QED) is 0.0509. The molecule has 0 bridgehead atoms. The van der Waals surface area contributed by atoms with Gasteiger partial charge in [-0.25, -0.2) is 0 Å². The fourth-order valence-electron chi connectivity index (χ4n) is 3.71. The first-order valence-corrected chi connectivity index (χ1v) is 13.7. The number of hydrogen-bond donors (Lipinski definition) is 0. The SMILES string of the molecule is CCCCCCCCCCCCCCC(I)CC(F)(F)C(F)(F)C(F)(F)C(F)(F)C(F)(F)C(F)(F)C(F)(F)F. The van der Waals surface area contributed by atoms with Crippen molar-refractivity contribution in [2.75, 3.05) is 0 Å². The zero-order valence-electron chi connectivity index (χ0n) is 21.0. The largest absolute Gasteiger partial charge is 0.460 e. The van der Waals surface area contributed by atoms with Crippen LogP contribution in [0.5, 0.6) is 0 Å². The van der Waals surface area contributed by atoms with Gasteiger partial charge in [0.2, 0.25) is 0 Å². The Morgan fingerprint density at radius 2 is 0.744 bits per heavy atom. The van der Waals surface area contributed by atoms with Crippen LogP contribution in [-0.4, -0.2) is 45.6 Å². The van der Waals surface area contributed by atoms with Crippen LogP contribution in [0.2, 0.25) is 0 Å². The van der Waals surface area contributed by atoms with Gasteiger partial charge in [-0.1, -0.05) is 107 Å². The van der Waals surface area contributed by atoms with E-state index in [0.717, 1.165) is 67.5 Å². The third-order valence-corrected chi connectivity index (χ3v) is 7.30. The van der Waals surface area contributed by atoms with Gasteiger partial charge in [-0.15, -0.1) is 0 Å². The molecule has 0 N–H and O–H groups in total. The van der Waals surface area contributed by atoms with Crippen LogP contribution in [0.3, 0.4) is 0 Å². The number of unbranched alkanes of at least 4 members (excludes halogenated alkanes) is 11. The Morgan fingerprint density at radius 3 is 1.10 bits per heavy atom. The fraction of sp³-hybridized carbons (Fsp3) is 1.00. The molecule has 39 heavy (non-hydrogen) atoms. The van der Waals surface area contributed by atoms with E-state index in [4.69, 9.17) is 0 Å². The molecule has 0 aromatic heterocycles. The monoisotopic (exact) mass is 720 g/mol. The minimum Gasteiger partial charge on any atom is -0.200 e. The van der Waals surface area contributed by atoms with Crippen LogP contribution in [0, 0.1) is 0 Å². The van der Waals surface area contributed by atoms with E-state index in [0.29, 0.717) is 12.8 Å². The lowest BCUT2D eigenvalue weighted by atomic mass is 9.89. The van der Waals surface area contributed by atoms with Crippen LogP contribution in [0.1, 0.15) is 96.8 Å². The molecule has 1 atom stereocenters. The summed E-state index contributed by atoms with van der Waals surface area (Å²) in [5.74, 6) is -45.9. The lowest BCUT2D eigenvalue weighted by Gasteiger charge is -2.41. The number of hydrogen-bond acceptors (Lipinski definition) is 0. The highest BCUT2D eigenvalue weighted by Crippen LogP contribution is 2.62. The standard InChI is InChI=1S/C23H32F15I/c1-2-3-4-5-6-7-8-9-10-11-12-13-14-16(39)15-17(24,25)18(26,27)19(28,29)20(30,31)21(32,33)22(34,35)23(36,37)38/h16H,2-15H2,1H3. The maximum Gasteiger partial charge on any atom is 0.460 e. The van der Waals surface area contributed by atoms with Crippen molar-refractivity contribution in [3.05, 3.63) is 0 Å². The minimum absolute atomic E-state index is 0.148. The molecule has 0 amide bonds. The zero-order valence-corrected chi connectivity index (χ0v) is 23.2. The molecule has 236 valence electrons. The molecule has 0 heterocycles. The zero-order chi connectivity index (χ0) is 31.0. The molecular formula is C23H32F15I. The topological polar surface area (TPSA) is 0 Å². The molecule has 0 aromatic carbocycles. The van der Waals surface area contributed by atoms with Gasteiger partial charge in [0.15, 0.2) is 0 Å². The van der Waals surface area contributed by atoms with Crippen molar-refractivity contribution in [2.24, 2.45) is 0 Å². The summed E-state index contributed by atoms with van der Waals surface area (Å²) in [7, 11) is 0. The molecule has 0 radical (unpaired) electrons. The molecule has 0 aliphatic heterocycles. The van der Waals surface area contributed by atoms with Crippen molar-refractivity contribution < 1.29 is 65.9 Å². The van der Waals surface area contributed by atoms with E-state index < -0.39 is 52.1 Å². The summed E-state index contributed by atoms with van der Waals surface area (Å²) < 4.78 is 197. The molecule has 16 heteroatoms. The Hall–Kier alpha value is -0.320. The second-order valence-corrected chi connectivity index (χ2v) is 11.3. The van der Waals surface area contributed by atoms with E-state index in [-0.39, 0.29) is 12.8 Å². The summed E-state index contributed by atoms with van der Waals surface area (Å²) in [6, 6.07) is 0. The summed E-state index contributed by atoms with van der Waals surface area (Å²) in [4.78, 5) is 0. The maximum absolute atomic E-state index is 14.0. The van der Waals surface area contributed by atoms with E-state index in [2.05, 4.69) is 6.92 Å². The van der Waals surface area contributed by atoms with Crippen LogP contribution >= 0.6 is 22.6 Å². The van der Waals surface area contributed by atoms with Gasteiger partial charge in [0.25, 0.3) is 0 Å². The van der Waals surface area contributed by atoms with Crippen LogP contribution in [0.25, 0.3) is 0 Å². The smallest absolute Gasteiger partial charge is 0.200 e. The van der Waals surface area contributed by atoms with Crippen molar-refractivity contribution >= 4 is 22.6 Å². The van der Waals surface area contributed by atoms with Crippen molar-refractivity contribution in [3.8, 4) is 0 Å².